The topological polar surface area (TPSA) is 46.6 Å². The molecule has 1 aliphatic carbocycles. The number of amides is 2. The van der Waals surface area contributed by atoms with E-state index in [1.165, 1.54) is 4.90 Å². The van der Waals surface area contributed by atoms with Crippen molar-refractivity contribution in [3.05, 3.63) is 12.2 Å². The van der Waals surface area contributed by atoms with Crippen molar-refractivity contribution >= 4 is 27.9 Å². The molecule has 2 bridgehead atoms. The Labute approximate surface area is 103 Å². The molecule has 0 aromatic rings. The van der Waals surface area contributed by atoms with Gasteiger partial charge in [0.25, 0.3) is 0 Å². The molecule has 16 heavy (non-hydrogen) atoms. The van der Waals surface area contributed by atoms with Gasteiger partial charge in [0.05, 0.1) is 16.8 Å². The number of imide groups is 1. The number of alkyl halides is 1. The number of carbonyl (C=O) groups is 2. The minimum atomic E-state index is -0.579. The van der Waals surface area contributed by atoms with Gasteiger partial charge in [-0.25, -0.2) is 9.69 Å². The number of rotatable bonds is 0. The SMILES string of the molecule is CC(C)(C)OC(=O)N1C(=O)[C@@H]2C=C[C@H]1[C@@H]2Br. The summed E-state index contributed by atoms with van der Waals surface area (Å²) in [6, 6.07) is -0.202. The van der Waals surface area contributed by atoms with Crippen molar-refractivity contribution in [2.45, 2.75) is 37.2 Å². The average Bonchev–Trinajstić information content (AvgIpc) is 2.56. The van der Waals surface area contributed by atoms with Crippen molar-refractivity contribution in [2.75, 3.05) is 0 Å². The molecule has 2 amide bonds. The number of halogens is 1. The van der Waals surface area contributed by atoms with Gasteiger partial charge in [0.2, 0.25) is 5.91 Å². The van der Waals surface area contributed by atoms with Gasteiger partial charge in [-0.05, 0) is 20.8 Å². The second kappa shape index (κ2) is 3.58. The maximum absolute atomic E-state index is 11.8. The van der Waals surface area contributed by atoms with E-state index in [0.29, 0.717) is 0 Å². The molecule has 1 aliphatic heterocycles. The fourth-order valence-electron chi connectivity index (χ4n) is 1.94. The van der Waals surface area contributed by atoms with Gasteiger partial charge in [-0.1, -0.05) is 28.1 Å². The fraction of sp³-hybridized carbons (Fsp3) is 0.636. The highest BCUT2D eigenvalue weighted by Gasteiger charge is 2.52. The predicted molar refractivity (Wildman–Crippen MR) is 62.2 cm³/mol. The summed E-state index contributed by atoms with van der Waals surface area (Å²) in [6.45, 7) is 5.35. The molecule has 4 nitrogen and oxygen atoms in total. The normalized spacial score (nSPS) is 32.4. The van der Waals surface area contributed by atoms with Gasteiger partial charge in [0, 0.05) is 0 Å². The molecule has 0 aromatic carbocycles. The van der Waals surface area contributed by atoms with Crippen LogP contribution in [0, 0.1) is 5.92 Å². The Hall–Kier alpha value is -0.840. The van der Waals surface area contributed by atoms with Gasteiger partial charge in [-0.2, -0.15) is 0 Å². The fourth-order valence-corrected chi connectivity index (χ4v) is 2.75. The monoisotopic (exact) mass is 287 g/mol. The van der Waals surface area contributed by atoms with Crippen LogP contribution in [-0.2, 0) is 9.53 Å². The highest BCUT2D eigenvalue weighted by atomic mass is 79.9. The second-order valence-electron chi connectivity index (χ2n) is 5.03. The largest absolute Gasteiger partial charge is 0.443 e. The van der Waals surface area contributed by atoms with Gasteiger partial charge < -0.3 is 4.74 Å². The Morgan fingerprint density at radius 2 is 2.06 bits per heavy atom. The summed E-state index contributed by atoms with van der Waals surface area (Å²) < 4.78 is 5.20. The van der Waals surface area contributed by atoms with Crippen LogP contribution < -0.4 is 0 Å². The summed E-state index contributed by atoms with van der Waals surface area (Å²) in [4.78, 5) is 24.9. The van der Waals surface area contributed by atoms with E-state index >= 15 is 0 Å². The zero-order chi connectivity index (χ0) is 12.1. The molecule has 0 N–H and O–H groups in total. The van der Waals surface area contributed by atoms with Crippen molar-refractivity contribution < 1.29 is 14.3 Å². The van der Waals surface area contributed by atoms with Crippen LogP contribution in [0.15, 0.2) is 12.2 Å². The molecule has 0 saturated carbocycles. The number of ether oxygens (including phenoxy) is 1. The number of carbonyl (C=O) groups excluding carboxylic acids is 2. The third-order valence-corrected chi connectivity index (χ3v) is 3.71. The summed E-state index contributed by atoms with van der Waals surface area (Å²) in [6.07, 6.45) is 3.15. The molecule has 88 valence electrons. The molecule has 2 aliphatic rings. The lowest BCUT2D eigenvalue weighted by molar-refractivity contribution is -0.130. The Kier molecular flexibility index (Phi) is 2.61. The van der Waals surface area contributed by atoms with E-state index in [1.807, 2.05) is 12.2 Å². The number of fused-ring (bicyclic) bond motifs is 2. The van der Waals surface area contributed by atoms with Gasteiger partial charge >= 0.3 is 6.09 Å². The zero-order valence-electron chi connectivity index (χ0n) is 9.44. The number of hydrogen-bond acceptors (Lipinski definition) is 3. The van der Waals surface area contributed by atoms with Crippen molar-refractivity contribution in [3.63, 3.8) is 0 Å². The van der Waals surface area contributed by atoms with Crippen LogP contribution in [0.5, 0.6) is 0 Å². The van der Waals surface area contributed by atoms with Gasteiger partial charge in [-0.15, -0.1) is 0 Å². The first-order valence-electron chi connectivity index (χ1n) is 5.20. The molecule has 0 spiro atoms. The number of hydrogen-bond donors (Lipinski definition) is 0. The summed E-state index contributed by atoms with van der Waals surface area (Å²) in [5, 5.41) is 0. The Balaban J connectivity index is 2.15. The Morgan fingerprint density at radius 1 is 1.44 bits per heavy atom. The Morgan fingerprint density at radius 3 is 2.50 bits per heavy atom. The molecule has 1 heterocycles. The van der Waals surface area contributed by atoms with Crippen LogP contribution in [0.2, 0.25) is 0 Å². The quantitative estimate of drug-likeness (QED) is 0.506. The summed E-state index contributed by atoms with van der Waals surface area (Å²) in [5.74, 6) is -0.402. The van der Waals surface area contributed by atoms with Gasteiger partial charge in [0.1, 0.15) is 5.60 Å². The van der Waals surface area contributed by atoms with E-state index in [4.69, 9.17) is 4.74 Å². The lowest BCUT2D eigenvalue weighted by atomic mass is 10.1. The maximum atomic E-state index is 11.8. The predicted octanol–water partition coefficient (Wildman–Crippen LogP) is 2.08. The summed E-state index contributed by atoms with van der Waals surface area (Å²) in [7, 11) is 0. The zero-order valence-corrected chi connectivity index (χ0v) is 11.0. The van der Waals surface area contributed by atoms with Crippen LogP contribution in [0.1, 0.15) is 20.8 Å². The molecule has 0 aromatic heterocycles. The van der Waals surface area contributed by atoms with E-state index in [9.17, 15) is 9.59 Å². The average molecular weight is 288 g/mol. The number of nitrogens with zero attached hydrogens (tertiary/aromatic N) is 1. The molecule has 5 heteroatoms. The van der Waals surface area contributed by atoms with E-state index in [1.54, 1.807) is 20.8 Å². The van der Waals surface area contributed by atoms with E-state index in [2.05, 4.69) is 15.9 Å². The lowest BCUT2D eigenvalue weighted by Crippen LogP contribution is -2.43. The maximum Gasteiger partial charge on any atom is 0.417 e. The molecular weight excluding hydrogens is 274 g/mol. The molecule has 2 rings (SSSR count). The second-order valence-corrected chi connectivity index (χ2v) is 6.09. The smallest absolute Gasteiger partial charge is 0.417 e. The first-order valence-corrected chi connectivity index (χ1v) is 6.11. The van der Waals surface area contributed by atoms with Crippen molar-refractivity contribution in [3.8, 4) is 0 Å². The summed E-state index contributed by atoms with van der Waals surface area (Å²) in [5.41, 5.74) is -0.579. The van der Waals surface area contributed by atoms with Crippen molar-refractivity contribution in [2.24, 2.45) is 5.92 Å². The van der Waals surface area contributed by atoms with Crippen LogP contribution in [0.25, 0.3) is 0 Å². The minimum Gasteiger partial charge on any atom is -0.443 e. The van der Waals surface area contributed by atoms with E-state index < -0.39 is 11.7 Å². The molecule has 0 radical (unpaired) electrons. The summed E-state index contributed by atoms with van der Waals surface area (Å²) >= 11 is 3.43. The van der Waals surface area contributed by atoms with Crippen LogP contribution in [0.3, 0.4) is 0 Å². The van der Waals surface area contributed by atoms with Crippen molar-refractivity contribution in [1.82, 2.24) is 4.90 Å². The first-order chi connectivity index (χ1) is 7.31. The van der Waals surface area contributed by atoms with Crippen molar-refractivity contribution in [1.29, 1.82) is 0 Å². The number of likely N-dealkylation sites (tertiary alicyclic amines) is 1. The highest BCUT2D eigenvalue weighted by molar-refractivity contribution is 9.09. The first kappa shape index (κ1) is 11.6. The minimum absolute atomic E-state index is 0.00693. The van der Waals surface area contributed by atoms with Crippen LogP contribution in [-0.4, -0.2) is 33.4 Å². The molecule has 1 fully saturated rings. The molecule has 0 unspecified atom stereocenters. The van der Waals surface area contributed by atoms with Crippen LogP contribution >= 0.6 is 15.9 Å². The van der Waals surface area contributed by atoms with Gasteiger partial charge in [0.15, 0.2) is 0 Å². The van der Waals surface area contributed by atoms with Crippen LogP contribution in [0.4, 0.5) is 4.79 Å². The third-order valence-electron chi connectivity index (χ3n) is 2.60. The standard InChI is InChI=1S/C11H14BrNO3/c1-11(2,3)16-10(15)13-7-5-4-6(8(7)12)9(13)14/h4-8H,1-3H3/t6-,7+,8-/m1/s1. The highest BCUT2D eigenvalue weighted by Crippen LogP contribution is 2.38. The molecule has 1 saturated heterocycles. The van der Waals surface area contributed by atoms with E-state index in [-0.39, 0.29) is 22.7 Å². The third kappa shape index (κ3) is 1.77. The molecule has 3 atom stereocenters. The lowest BCUT2D eigenvalue weighted by Gasteiger charge is -2.27. The Bertz CT molecular complexity index is 372. The van der Waals surface area contributed by atoms with Gasteiger partial charge in [-0.3, -0.25) is 4.79 Å². The molecular formula is C11H14BrNO3. The van der Waals surface area contributed by atoms with E-state index in [0.717, 1.165) is 0 Å².